The van der Waals surface area contributed by atoms with Gasteiger partial charge in [-0.25, -0.2) is 9.97 Å². The largest absolute Gasteiger partial charge is 0.307 e. The molecule has 6 heteroatoms. The number of hydrogen-bond acceptors (Lipinski definition) is 4. The molecule has 0 aliphatic heterocycles. The fourth-order valence-corrected chi connectivity index (χ4v) is 3.26. The maximum absolute atomic E-state index is 4.39. The lowest BCUT2D eigenvalue weighted by atomic mass is 10.1. The second-order valence-electron chi connectivity index (χ2n) is 4.67. The number of aryl methyl sites for hydroxylation is 1. The average molecular weight is 363 g/mol. The van der Waals surface area contributed by atoms with E-state index in [2.05, 4.69) is 65.4 Å². The van der Waals surface area contributed by atoms with E-state index in [-0.39, 0.29) is 0 Å². The first-order chi connectivity index (χ1) is 10.2. The quantitative estimate of drug-likeness (QED) is 0.752. The number of para-hydroxylation sites is 1. The predicted octanol–water partition coefficient (Wildman–Crippen LogP) is 3.69. The predicted molar refractivity (Wildman–Crippen MR) is 88.7 cm³/mol. The Morgan fingerprint density at radius 2 is 2.14 bits per heavy atom. The van der Waals surface area contributed by atoms with Crippen LogP contribution in [-0.4, -0.2) is 14.5 Å². The van der Waals surface area contributed by atoms with E-state index in [0.717, 1.165) is 28.5 Å². The number of imidazole rings is 1. The molecule has 2 heterocycles. The monoisotopic (exact) mass is 362 g/mol. The van der Waals surface area contributed by atoms with Crippen LogP contribution in [0.5, 0.6) is 0 Å². The first-order valence-corrected chi connectivity index (χ1v) is 8.30. The van der Waals surface area contributed by atoms with Crippen molar-refractivity contribution in [1.29, 1.82) is 0 Å². The maximum Gasteiger partial charge on any atom is 0.159 e. The van der Waals surface area contributed by atoms with Gasteiger partial charge in [0.15, 0.2) is 3.92 Å². The second kappa shape index (κ2) is 6.51. The van der Waals surface area contributed by atoms with Crippen LogP contribution in [0.1, 0.15) is 17.1 Å². The topological polar surface area (TPSA) is 42.7 Å². The maximum atomic E-state index is 4.39. The summed E-state index contributed by atoms with van der Waals surface area (Å²) in [6, 6.07) is 8.37. The molecule has 0 aliphatic rings. The normalized spacial score (nSPS) is 11.0. The van der Waals surface area contributed by atoms with Gasteiger partial charge in [-0.1, -0.05) is 18.2 Å². The summed E-state index contributed by atoms with van der Waals surface area (Å²) < 4.78 is 3.03. The minimum absolute atomic E-state index is 0.763. The molecule has 0 radical (unpaired) electrons. The molecule has 0 bridgehead atoms. The summed E-state index contributed by atoms with van der Waals surface area (Å²) in [7, 11) is 0. The first kappa shape index (κ1) is 14.4. The first-order valence-electron chi connectivity index (χ1n) is 6.63. The summed E-state index contributed by atoms with van der Waals surface area (Å²) in [5.41, 5.74) is 3.47. The highest BCUT2D eigenvalue weighted by Gasteiger charge is 2.06. The molecule has 0 aliphatic carbocycles. The highest BCUT2D eigenvalue weighted by molar-refractivity contribution is 9.11. The van der Waals surface area contributed by atoms with E-state index in [1.807, 2.05) is 19.3 Å². The Kier molecular flexibility index (Phi) is 4.48. The molecule has 2 aromatic heterocycles. The Bertz CT molecular complexity index is 735. The summed E-state index contributed by atoms with van der Waals surface area (Å²) in [4.78, 5) is 8.68. The zero-order valence-electron chi connectivity index (χ0n) is 11.6. The summed E-state index contributed by atoms with van der Waals surface area (Å²) in [5, 5.41) is 5.50. The number of hydrogen-bond donors (Lipinski definition) is 1. The Labute approximate surface area is 136 Å². The molecular weight excluding hydrogens is 348 g/mol. The van der Waals surface area contributed by atoms with Crippen LogP contribution >= 0.6 is 27.3 Å². The van der Waals surface area contributed by atoms with Crippen LogP contribution in [0.3, 0.4) is 0 Å². The third-order valence-electron chi connectivity index (χ3n) is 3.22. The third-order valence-corrected chi connectivity index (χ3v) is 4.64. The van der Waals surface area contributed by atoms with Gasteiger partial charge in [-0.3, -0.25) is 0 Å². The Hall–Kier alpha value is -1.50. The van der Waals surface area contributed by atoms with Crippen molar-refractivity contribution >= 4 is 27.3 Å². The fourth-order valence-electron chi connectivity index (χ4n) is 2.22. The number of benzene rings is 1. The van der Waals surface area contributed by atoms with Gasteiger partial charge in [0.1, 0.15) is 5.82 Å². The van der Waals surface area contributed by atoms with Crippen LogP contribution in [0.4, 0.5) is 0 Å². The highest BCUT2D eigenvalue weighted by atomic mass is 79.9. The zero-order valence-corrected chi connectivity index (χ0v) is 14.0. The van der Waals surface area contributed by atoms with Gasteiger partial charge in [0.25, 0.3) is 0 Å². The van der Waals surface area contributed by atoms with Crippen LogP contribution in [0.2, 0.25) is 0 Å². The Morgan fingerprint density at radius 1 is 1.29 bits per heavy atom. The number of rotatable bonds is 5. The molecule has 0 saturated heterocycles. The molecule has 3 aromatic rings. The summed E-state index contributed by atoms with van der Waals surface area (Å²) in [5.74, 6) is 0.992. The molecule has 0 amide bonds. The number of nitrogens with zero attached hydrogens (tertiary/aromatic N) is 3. The molecule has 1 aromatic carbocycles. The Morgan fingerprint density at radius 3 is 2.86 bits per heavy atom. The average Bonchev–Trinajstić information content (AvgIpc) is 3.08. The van der Waals surface area contributed by atoms with Crippen LogP contribution in [0.15, 0.2) is 46.0 Å². The van der Waals surface area contributed by atoms with E-state index < -0.39 is 0 Å². The van der Waals surface area contributed by atoms with Gasteiger partial charge in [0.05, 0.1) is 11.4 Å². The minimum Gasteiger partial charge on any atom is -0.307 e. The van der Waals surface area contributed by atoms with Gasteiger partial charge in [-0.15, -0.1) is 11.3 Å². The molecule has 0 fully saturated rings. The summed E-state index contributed by atoms with van der Waals surface area (Å²) in [6.45, 7) is 3.57. The van der Waals surface area contributed by atoms with E-state index in [4.69, 9.17) is 0 Å². The minimum atomic E-state index is 0.763. The summed E-state index contributed by atoms with van der Waals surface area (Å²) in [6.07, 6.45) is 3.82. The lowest BCUT2D eigenvalue weighted by molar-refractivity contribution is 0.678. The number of thiazole rings is 1. The van der Waals surface area contributed by atoms with Crippen molar-refractivity contribution < 1.29 is 0 Å². The van der Waals surface area contributed by atoms with E-state index in [1.165, 1.54) is 11.3 Å². The molecule has 0 spiro atoms. The lowest BCUT2D eigenvalue weighted by Crippen LogP contribution is -2.14. The zero-order chi connectivity index (χ0) is 14.7. The van der Waals surface area contributed by atoms with Crippen molar-refractivity contribution in [2.75, 3.05) is 0 Å². The molecule has 21 heavy (non-hydrogen) atoms. The molecular formula is C15H15BrN4S. The van der Waals surface area contributed by atoms with Gasteiger partial charge in [-0.2, -0.15) is 0 Å². The van der Waals surface area contributed by atoms with Gasteiger partial charge >= 0.3 is 0 Å². The molecule has 108 valence electrons. The molecule has 0 atom stereocenters. The van der Waals surface area contributed by atoms with Gasteiger partial charge in [-0.05, 0) is 34.5 Å². The van der Waals surface area contributed by atoms with E-state index in [0.29, 0.717) is 0 Å². The van der Waals surface area contributed by atoms with Crippen molar-refractivity contribution in [3.63, 3.8) is 0 Å². The van der Waals surface area contributed by atoms with E-state index >= 15 is 0 Å². The molecule has 0 unspecified atom stereocenters. The van der Waals surface area contributed by atoms with Crippen LogP contribution < -0.4 is 5.32 Å². The van der Waals surface area contributed by atoms with Gasteiger partial charge in [0, 0.05) is 30.9 Å². The van der Waals surface area contributed by atoms with E-state index in [1.54, 1.807) is 11.3 Å². The lowest BCUT2D eigenvalue weighted by Gasteiger charge is -2.12. The second-order valence-corrected chi connectivity index (χ2v) is 6.80. The summed E-state index contributed by atoms with van der Waals surface area (Å²) >= 11 is 4.99. The van der Waals surface area contributed by atoms with Gasteiger partial charge < -0.3 is 9.88 Å². The molecule has 1 N–H and O–H groups in total. The molecule has 3 rings (SSSR count). The van der Waals surface area contributed by atoms with Crippen LogP contribution in [0, 0.1) is 6.92 Å². The van der Waals surface area contributed by atoms with Crippen molar-refractivity contribution in [3.05, 3.63) is 63.0 Å². The third kappa shape index (κ3) is 3.40. The van der Waals surface area contributed by atoms with Gasteiger partial charge in [0.2, 0.25) is 0 Å². The van der Waals surface area contributed by atoms with Crippen molar-refractivity contribution in [2.45, 2.75) is 20.0 Å². The SMILES string of the molecule is Cc1nccn1-c1ccccc1CNCc1csc(Br)n1. The fraction of sp³-hybridized carbons (Fsp3) is 0.200. The number of halogens is 1. The van der Waals surface area contributed by atoms with Crippen molar-refractivity contribution in [1.82, 2.24) is 19.9 Å². The van der Waals surface area contributed by atoms with E-state index in [9.17, 15) is 0 Å². The van der Waals surface area contributed by atoms with Crippen LogP contribution in [-0.2, 0) is 13.1 Å². The highest BCUT2D eigenvalue weighted by Crippen LogP contribution is 2.17. The number of nitrogens with one attached hydrogen (secondary N) is 1. The Balaban J connectivity index is 1.72. The number of aromatic nitrogens is 3. The van der Waals surface area contributed by atoms with Crippen LogP contribution in [0.25, 0.3) is 5.69 Å². The molecule has 0 saturated carbocycles. The smallest absolute Gasteiger partial charge is 0.159 e. The van der Waals surface area contributed by atoms with Crippen molar-refractivity contribution in [2.24, 2.45) is 0 Å². The standard InChI is InChI=1S/C15H15BrN4S/c1-11-18-6-7-20(11)14-5-3-2-4-12(14)8-17-9-13-10-21-15(16)19-13/h2-7,10,17H,8-9H2,1H3. The molecule has 4 nitrogen and oxygen atoms in total. The van der Waals surface area contributed by atoms with Crippen molar-refractivity contribution in [3.8, 4) is 5.69 Å².